The maximum Gasteiger partial charge on any atom is 0.307 e. The van der Waals surface area contributed by atoms with Crippen molar-refractivity contribution in [1.29, 1.82) is 0 Å². The Hall–Kier alpha value is -1.59. The number of hydrogen-bond donors (Lipinski definition) is 0. The molecule has 0 unspecified atom stereocenters. The Morgan fingerprint density at radius 1 is 1.50 bits per heavy atom. The molecule has 14 heavy (non-hydrogen) atoms. The molecule has 0 aromatic carbocycles. The van der Waals surface area contributed by atoms with Gasteiger partial charge < -0.3 is 10.4 Å². The van der Waals surface area contributed by atoms with Crippen molar-refractivity contribution in [2.45, 2.75) is 33.2 Å². The third-order valence-corrected chi connectivity index (χ3v) is 1.76. The van der Waals surface area contributed by atoms with E-state index in [0.717, 1.165) is 4.74 Å². The minimum Gasteiger partial charge on any atom is -0.623 e. The van der Waals surface area contributed by atoms with Crippen LogP contribution in [0.3, 0.4) is 0 Å². The van der Waals surface area contributed by atoms with Crippen LogP contribution in [0.2, 0.25) is 0 Å². The van der Waals surface area contributed by atoms with Crippen LogP contribution in [0.5, 0.6) is 0 Å². The second-order valence-electron chi connectivity index (χ2n) is 4.03. The first-order valence-corrected chi connectivity index (χ1v) is 4.20. The van der Waals surface area contributed by atoms with Crippen LogP contribution in [0, 0.1) is 17.3 Å². The molecule has 0 aliphatic rings. The molecule has 78 valence electrons. The average molecular weight is 199 g/mol. The third-order valence-electron chi connectivity index (χ3n) is 1.76. The number of hydroxylamine groups is 1. The van der Waals surface area contributed by atoms with E-state index in [9.17, 15) is 10.4 Å². The maximum absolute atomic E-state index is 11.5. The normalized spacial score (nSPS) is 13.3. The summed E-state index contributed by atoms with van der Waals surface area (Å²) >= 11 is 0. The Labute approximate surface area is 81.6 Å². The van der Waals surface area contributed by atoms with Gasteiger partial charge in [-0.3, -0.25) is 4.63 Å². The smallest absolute Gasteiger partial charge is 0.307 e. The summed E-state index contributed by atoms with van der Waals surface area (Å²) in [4.78, 5) is 0.266. The van der Waals surface area contributed by atoms with Gasteiger partial charge >= 0.3 is 5.69 Å². The molecule has 6 heteroatoms. The van der Waals surface area contributed by atoms with E-state index in [1.165, 1.54) is 13.1 Å². The fourth-order valence-electron chi connectivity index (χ4n) is 0.724. The summed E-state index contributed by atoms with van der Waals surface area (Å²) < 4.78 is 5.06. The van der Waals surface area contributed by atoms with Crippen molar-refractivity contribution >= 4 is 6.21 Å². The van der Waals surface area contributed by atoms with Gasteiger partial charge in [-0.05, 0) is 4.90 Å². The summed E-state index contributed by atoms with van der Waals surface area (Å²) in [6, 6.07) is 0. The van der Waals surface area contributed by atoms with Crippen LogP contribution >= 0.6 is 0 Å². The van der Waals surface area contributed by atoms with E-state index < -0.39 is 5.54 Å². The van der Waals surface area contributed by atoms with Crippen molar-refractivity contribution in [3.8, 4) is 0 Å². The predicted octanol–water partition coefficient (Wildman–Crippen LogP) is 0.344. The van der Waals surface area contributed by atoms with Gasteiger partial charge in [0, 0.05) is 27.7 Å². The highest BCUT2D eigenvalue weighted by Gasteiger charge is 2.22. The molecule has 0 saturated carbocycles. The summed E-state index contributed by atoms with van der Waals surface area (Å²) in [5.74, 6) is 0. The molecule has 0 spiro atoms. The lowest BCUT2D eigenvalue weighted by molar-refractivity contribution is -0.806. The molecule has 0 bridgehead atoms. The molecule has 0 amide bonds. The van der Waals surface area contributed by atoms with Crippen molar-refractivity contribution in [2.24, 2.45) is 0 Å². The fourth-order valence-corrected chi connectivity index (χ4v) is 0.724. The molecule has 0 aliphatic carbocycles. The molecule has 0 N–H and O–H groups in total. The fraction of sp³-hybridized carbons (Fsp3) is 0.625. The quantitative estimate of drug-likeness (QED) is 0.283. The highest BCUT2D eigenvalue weighted by atomic mass is 16.8. The Morgan fingerprint density at radius 2 is 2.07 bits per heavy atom. The number of nitrogens with zero attached hydrogens (tertiary/aromatic N) is 3. The van der Waals surface area contributed by atoms with E-state index in [-0.39, 0.29) is 16.3 Å². The SMILES string of the molecule is Cc1c(/C=[N+](\[O-])C(C)(C)C)no[n+]1[O-]. The Morgan fingerprint density at radius 3 is 2.43 bits per heavy atom. The molecule has 0 saturated heterocycles. The number of hydrogen-bond acceptors (Lipinski definition) is 4. The van der Waals surface area contributed by atoms with E-state index in [4.69, 9.17) is 0 Å². The van der Waals surface area contributed by atoms with Crippen molar-refractivity contribution in [3.05, 3.63) is 21.8 Å². The third kappa shape index (κ3) is 2.01. The standard InChI is InChI=1S/C8H13N3O3/c1-6-7(9-14-11(6)13)5-10(12)8(2,3)4/h5H,1-4H3/b10-5-. The van der Waals surface area contributed by atoms with E-state index in [1.54, 1.807) is 20.8 Å². The summed E-state index contributed by atoms with van der Waals surface area (Å²) in [6.45, 7) is 6.82. The lowest BCUT2D eigenvalue weighted by Gasteiger charge is -2.17. The van der Waals surface area contributed by atoms with Gasteiger partial charge in [-0.2, -0.15) is 0 Å². The summed E-state index contributed by atoms with van der Waals surface area (Å²) in [6.07, 6.45) is 1.24. The summed E-state index contributed by atoms with van der Waals surface area (Å²) in [5.41, 5.74) is -0.0286. The molecule has 6 nitrogen and oxygen atoms in total. The van der Waals surface area contributed by atoms with Gasteiger partial charge in [0.15, 0.2) is 5.54 Å². The van der Waals surface area contributed by atoms with Crippen molar-refractivity contribution in [3.63, 3.8) is 0 Å². The first-order chi connectivity index (χ1) is 6.32. The van der Waals surface area contributed by atoms with Crippen molar-refractivity contribution in [1.82, 2.24) is 5.16 Å². The van der Waals surface area contributed by atoms with Gasteiger partial charge in [-0.25, -0.2) is 4.74 Å². The second kappa shape index (κ2) is 3.28. The van der Waals surface area contributed by atoms with Crippen LogP contribution in [-0.4, -0.2) is 21.6 Å². The minimum atomic E-state index is -0.556. The Balaban J connectivity index is 3.04. The lowest BCUT2D eigenvalue weighted by Crippen LogP contribution is -2.30. The molecule has 0 fully saturated rings. The Kier molecular flexibility index (Phi) is 2.46. The van der Waals surface area contributed by atoms with E-state index in [0.29, 0.717) is 0 Å². The van der Waals surface area contributed by atoms with E-state index in [2.05, 4.69) is 9.79 Å². The molecule has 0 aliphatic heterocycles. The number of aromatic nitrogens is 2. The molecule has 1 aromatic rings. The maximum atomic E-state index is 11.5. The van der Waals surface area contributed by atoms with E-state index >= 15 is 0 Å². The monoisotopic (exact) mass is 199 g/mol. The van der Waals surface area contributed by atoms with Gasteiger partial charge in [0.2, 0.25) is 11.9 Å². The van der Waals surface area contributed by atoms with Crippen molar-refractivity contribution < 1.29 is 14.3 Å². The van der Waals surface area contributed by atoms with Gasteiger partial charge in [0.1, 0.15) is 0 Å². The van der Waals surface area contributed by atoms with Gasteiger partial charge in [-0.1, -0.05) is 0 Å². The van der Waals surface area contributed by atoms with Gasteiger partial charge in [0.05, 0.1) is 5.16 Å². The van der Waals surface area contributed by atoms with Crippen LogP contribution in [0.15, 0.2) is 4.63 Å². The molecule has 0 atom stereocenters. The second-order valence-corrected chi connectivity index (χ2v) is 4.03. The van der Waals surface area contributed by atoms with Crippen LogP contribution < -0.4 is 4.90 Å². The van der Waals surface area contributed by atoms with Gasteiger partial charge in [0.25, 0.3) is 0 Å². The topological polar surface area (TPSA) is 79.0 Å². The zero-order valence-corrected chi connectivity index (χ0v) is 8.64. The molecule has 1 rings (SSSR count). The number of rotatable bonds is 1. The van der Waals surface area contributed by atoms with Crippen LogP contribution in [0.1, 0.15) is 32.2 Å². The van der Waals surface area contributed by atoms with Gasteiger partial charge in [-0.15, -0.1) is 0 Å². The average Bonchev–Trinajstić information content (AvgIpc) is 2.34. The predicted molar refractivity (Wildman–Crippen MR) is 48.7 cm³/mol. The molecular weight excluding hydrogens is 186 g/mol. The lowest BCUT2D eigenvalue weighted by atomic mass is 10.1. The molecule has 1 aromatic heterocycles. The van der Waals surface area contributed by atoms with Crippen molar-refractivity contribution in [2.75, 3.05) is 0 Å². The Bertz CT molecular complexity index is 362. The van der Waals surface area contributed by atoms with Crippen LogP contribution in [0.4, 0.5) is 0 Å². The first kappa shape index (κ1) is 10.5. The minimum absolute atomic E-state index is 0.255. The first-order valence-electron chi connectivity index (χ1n) is 4.20. The zero-order valence-electron chi connectivity index (χ0n) is 8.64. The molecule has 0 radical (unpaired) electrons. The summed E-state index contributed by atoms with van der Waals surface area (Å²) in [7, 11) is 0. The zero-order chi connectivity index (χ0) is 10.9. The van der Waals surface area contributed by atoms with E-state index in [1.807, 2.05) is 0 Å². The molecular formula is C8H13N3O3. The largest absolute Gasteiger partial charge is 0.623 e. The molecule has 1 heterocycles. The highest BCUT2D eigenvalue weighted by Crippen LogP contribution is 2.06. The highest BCUT2D eigenvalue weighted by molar-refractivity contribution is 5.73. The van der Waals surface area contributed by atoms with Crippen LogP contribution in [-0.2, 0) is 0 Å². The summed E-state index contributed by atoms with van der Waals surface area (Å²) in [5, 5.41) is 25.7. The van der Waals surface area contributed by atoms with Crippen LogP contribution in [0.25, 0.3) is 0 Å².